The highest BCUT2D eigenvalue weighted by molar-refractivity contribution is 7.98. The van der Waals surface area contributed by atoms with E-state index in [2.05, 4.69) is 15.6 Å². The number of imidazole rings is 1. The summed E-state index contributed by atoms with van der Waals surface area (Å²) in [6.45, 7) is 1.79. The minimum absolute atomic E-state index is 0.0730. The highest BCUT2D eigenvalue weighted by Gasteiger charge is 2.10. The van der Waals surface area contributed by atoms with E-state index < -0.39 is 0 Å². The number of benzene rings is 2. The number of amides is 2. The number of carbonyl (C=O) groups is 2. The molecular formula is C20H20N4O2S. The fourth-order valence-corrected chi connectivity index (χ4v) is 3.09. The summed E-state index contributed by atoms with van der Waals surface area (Å²) in [4.78, 5) is 28.5. The minimum atomic E-state index is -0.221. The Kier molecular flexibility index (Phi) is 5.93. The zero-order valence-electron chi connectivity index (χ0n) is 15.1. The van der Waals surface area contributed by atoms with Crippen molar-refractivity contribution in [1.82, 2.24) is 9.55 Å². The molecule has 0 aliphatic rings. The summed E-state index contributed by atoms with van der Waals surface area (Å²) < 4.78 is 1.93. The van der Waals surface area contributed by atoms with Crippen molar-refractivity contribution in [2.24, 2.45) is 0 Å². The third-order valence-electron chi connectivity index (χ3n) is 3.90. The Bertz CT molecular complexity index is 968. The lowest BCUT2D eigenvalue weighted by Gasteiger charge is -2.10. The van der Waals surface area contributed by atoms with Crippen LogP contribution in [-0.2, 0) is 4.79 Å². The molecule has 0 fully saturated rings. The third kappa shape index (κ3) is 4.57. The molecule has 0 aliphatic carbocycles. The van der Waals surface area contributed by atoms with Gasteiger partial charge in [-0.25, -0.2) is 4.98 Å². The van der Waals surface area contributed by atoms with Crippen LogP contribution in [0, 0.1) is 0 Å². The Morgan fingerprint density at radius 2 is 1.81 bits per heavy atom. The molecule has 0 atom stereocenters. The van der Waals surface area contributed by atoms with Gasteiger partial charge in [-0.15, -0.1) is 0 Å². The van der Waals surface area contributed by atoms with E-state index in [1.165, 1.54) is 11.8 Å². The van der Waals surface area contributed by atoms with Gasteiger partial charge < -0.3 is 10.6 Å². The van der Waals surface area contributed by atoms with Gasteiger partial charge in [-0.05, 0) is 42.7 Å². The molecule has 0 aliphatic heterocycles. The molecule has 138 valence electrons. The van der Waals surface area contributed by atoms with E-state index in [0.717, 1.165) is 10.8 Å². The zero-order valence-corrected chi connectivity index (χ0v) is 15.9. The topological polar surface area (TPSA) is 76.0 Å². The monoisotopic (exact) mass is 380 g/mol. The van der Waals surface area contributed by atoms with Crippen molar-refractivity contribution in [3.05, 3.63) is 66.5 Å². The van der Waals surface area contributed by atoms with Crippen LogP contribution in [0.4, 0.5) is 11.4 Å². The van der Waals surface area contributed by atoms with Crippen molar-refractivity contribution in [2.45, 2.75) is 18.5 Å². The average molecular weight is 380 g/mol. The predicted octanol–water partition coefficient (Wildman–Crippen LogP) is 4.20. The number of anilines is 2. The van der Waals surface area contributed by atoms with Gasteiger partial charge in [0.25, 0.3) is 5.91 Å². The molecule has 3 rings (SSSR count). The zero-order chi connectivity index (χ0) is 19.2. The number of nitrogens with one attached hydrogen (secondary N) is 2. The summed E-state index contributed by atoms with van der Waals surface area (Å²) in [5, 5.41) is 6.51. The maximum atomic E-state index is 12.7. The van der Waals surface area contributed by atoms with Crippen molar-refractivity contribution >= 4 is 35.0 Å². The molecule has 0 radical (unpaired) electrons. The fourth-order valence-electron chi connectivity index (χ4n) is 2.56. The Hall–Kier alpha value is -3.06. The molecule has 27 heavy (non-hydrogen) atoms. The molecule has 6 nitrogen and oxygen atoms in total. The second-order valence-electron chi connectivity index (χ2n) is 5.77. The smallest absolute Gasteiger partial charge is 0.255 e. The predicted molar refractivity (Wildman–Crippen MR) is 109 cm³/mol. The second kappa shape index (κ2) is 8.55. The number of thioether (sulfide) groups is 1. The molecule has 0 bridgehead atoms. The number of carbonyl (C=O) groups excluding carboxylic acids is 2. The summed E-state index contributed by atoms with van der Waals surface area (Å²) in [6.07, 6.45) is 5.95. The van der Waals surface area contributed by atoms with Crippen molar-refractivity contribution in [3.8, 4) is 5.69 Å². The number of hydrogen-bond acceptors (Lipinski definition) is 4. The van der Waals surface area contributed by atoms with Crippen molar-refractivity contribution in [2.75, 3.05) is 16.9 Å². The van der Waals surface area contributed by atoms with Crippen LogP contribution in [0.1, 0.15) is 23.7 Å². The summed E-state index contributed by atoms with van der Waals surface area (Å²) in [7, 11) is 0. The maximum absolute atomic E-state index is 12.7. The van der Waals surface area contributed by atoms with Gasteiger partial charge in [0, 0.05) is 41.4 Å². The Labute approximate surface area is 162 Å². The first kappa shape index (κ1) is 18.7. The molecule has 1 aromatic heterocycles. The molecule has 0 saturated heterocycles. The molecular weight excluding hydrogens is 360 g/mol. The van der Waals surface area contributed by atoms with E-state index in [4.69, 9.17) is 0 Å². The molecule has 0 saturated carbocycles. The molecule has 0 spiro atoms. The quantitative estimate of drug-likeness (QED) is 0.629. The van der Waals surface area contributed by atoms with Crippen LogP contribution < -0.4 is 10.6 Å². The number of nitrogens with zero attached hydrogens (tertiary/aromatic N) is 2. The van der Waals surface area contributed by atoms with E-state index in [1.54, 1.807) is 43.5 Å². The van der Waals surface area contributed by atoms with E-state index in [9.17, 15) is 9.59 Å². The van der Waals surface area contributed by atoms with Crippen molar-refractivity contribution < 1.29 is 9.59 Å². The van der Waals surface area contributed by atoms with Crippen LogP contribution in [0.25, 0.3) is 5.69 Å². The normalized spacial score (nSPS) is 10.4. The van der Waals surface area contributed by atoms with Crippen molar-refractivity contribution in [3.63, 3.8) is 0 Å². The van der Waals surface area contributed by atoms with Crippen LogP contribution in [0.15, 0.2) is 66.1 Å². The van der Waals surface area contributed by atoms with Gasteiger partial charge in [-0.1, -0.05) is 30.8 Å². The SMILES string of the molecule is CCC(=O)Nc1cccc(NC(=O)c2cccc(-n3ccnc3SC)c2)c1. The van der Waals surface area contributed by atoms with E-state index in [-0.39, 0.29) is 11.8 Å². The van der Waals surface area contributed by atoms with Gasteiger partial charge in [0.15, 0.2) is 5.16 Å². The van der Waals surface area contributed by atoms with Gasteiger partial charge in [0.1, 0.15) is 0 Å². The van der Waals surface area contributed by atoms with E-state index in [0.29, 0.717) is 23.4 Å². The minimum Gasteiger partial charge on any atom is -0.326 e. The van der Waals surface area contributed by atoms with Gasteiger partial charge in [0.05, 0.1) is 0 Å². The largest absolute Gasteiger partial charge is 0.326 e. The first-order valence-electron chi connectivity index (χ1n) is 8.49. The first-order chi connectivity index (χ1) is 13.1. The van der Waals surface area contributed by atoms with Crippen LogP contribution in [0.3, 0.4) is 0 Å². The Morgan fingerprint density at radius 1 is 1.07 bits per heavy atom. The highest BCUT2D eigenvalue weighted by Crippen LogP contribution is 2.20. The van der Waals surface area contributed by atoms with Crippen LogP contribution in [0.2, 0.25) is 0 Å². The van der Waals surface area contributed by atoms with Crippen LogP contribution in [-0.4, -0.2) is 27.6 Å². The number of hydrogen-bond donors (Lipinski definition) is 2. The van der Waals surface area contributed by atoms with Gasteiger partial charge in [0.2, 0.25) is 5.91 Å². The van der Waals surface area contributed by atoms with Gasteiger partial charge in [-0.3, -0.25) is 14.2 Å². The number of aromatic nitrogens is 2. The second-order valence-corrected chi connectivity index (χ2v) is 6.54. The average Bonchev–Trinajstić information content (AvgIpc) is 3.17. The first-order valence-corrected chi connectivity index (χ1v) is 9.72. The van der Waals surface area contributed by atoms with E-state index in [1.807, 2.05) is 35.2 Å². The molecule has 2 N–H and O–H groups in total. The summed E-state index contributed by atoms with van der Waals surface area (Å²) >= 11 is 1.54. The summed E-state index contributed by atoms with van der Waals surface area (Å²) in [5.74, 6) is -0.294. The van der Waals surface area contributed by atoms with Gasteiger partial charge >= 0.3 is 0 Å². The van der Waals surface area contributed by atoms with Crippen molar-refractivity contribution in [1.29, 1.82) is 0 Å². The summed E-state index contributed by atoms with van der Waals surface area (Å²) in [5.41, 5.74) is 2.67. The third-order valence-corrected chi connectivity index (χ3v) is 4.57. The lowest BCUT2D eigenvalue weighted by atomic mass is 10.1. The molecule has 2 aromatic carbocycles. The van der Waals surface area contributed by atoms with E-state index >= 15 is 0 Å². The van der Waals surface area contributed by atoms with Crippen LogP contribution in [0.5, 0.6) is 0 Å². The molecule has 0 unspecified atom stereocenters. The Balaban J connectivity index is 1.78. The highest BCUT2D eigenvalue weighted by atomic mass is 32.2. The molecule has 7 heteroatoms. The molecule has 1 heterocycles. The summed E-state index contributed by atoms with van der Waals surface area (Å²) in [6, 6.07) is 14.4. The standard InChI is InChI=1S/C20H20N4O2S/c1-3-18(25)22-15-7-5-8-16(13-15)23-19(26)14-6-4-9-17(12-14)24-11-10-21-20(24)27-2/h4-13H,3H2,1-2H3,(H,22,25)(H,23,26). The lowest BCUT2D eigenvalue weighted by Crippen LogP contribution is -2.13. The molecule has 3 aromatic rings. The lowest BCUT2D eigenvalue weighted by molar-refractivity contribution is -0.115. The molecule has 2 amide bonds. The number of rotatable bonds is 6. The fraction of sp³-hybridized carbons (Fsp3) is 0.150. The van der Waals surface area contributed by atoms with Gasteiger partial charge in [-0.2, -0.15) is 0 Å². The van der Waals surface area contributed by atoms with Crippen LogP contribution >= 0.6 is 11.8 Å². The Morgan fingerprint density at radius 3 is 2.56 bits per heavy atom. The maximum Gasteiger partial charge on any atom is 0.255 e.